The Morgan fingerprint density at radius 3 is 2.79 bits per heavy atom. The zero-order valence-electron chi connectivity index (χ0n) is 14.9. The topological polar surface area (TPSA) is 108 Å². The van der Waals surface area contributed by atoms with E-state index in [1.165, 1.54) is 24.7 Å². The molecular weight excluding hydrogens is 361 g/mol. The fourth-order valence-electron chi connectivity index (χ4n) is 2.87. The van der Waals surface area contributed by atoms with E-state index in [2.05, 4.69) is 35.6 Å². The van der Waals surface area contributed by atoms with Gasteiger partial charge < -0.3 is 10.3 Å². The summed E-state index contributed by atoms with van der Waals surface area (Å²) in [7, 11) is 0. The van der Waals surface area contributed by atoms with Crippen LogP contribution in [0, 0.1) is 5.82 Å². The minimum Gasteiger partial charge on any atom is -0.338 e. The first-order valence-corrected chi connectivity index (χ1v) is 8.60. The number of H-pyrrole nitrogens is 1. The molecule has 9 heteroatoms. The quantitative estimate of drug-likeness (QED) is 0.505. The Morgan fingerprint density at radius 2 is 2.04 bits per heavy atom. The van der Waals surface area contributed by atoms with Crippen molar-refractivity contribution in [2.75, 3.05) is 11.9 Å². The highest BCUT2D eigenvalue weighted by molar-refractivity contribution is 5.98. The second-order valence-electron chi connectivity index (χ2n) is 5.95. The van der Waals surface area contributed by atoms with Gasteiger partial charge in [-0.2, -0.15) is 0 Å². The highest BCUT2D eigenvalue weighted by atomic mass is 19.1. The second kappa shape index (κ2) is 7.39. The normalized spacial score (nSPS) is 10.8. The predicted molar refractivity (Wildman–Crippen MR) is 103 cm³/mol. The SMILES string of the molecule is CCNC(=O)Nc1nc2c(-c3ncccc3F)cc(-c3cncnc3)cc2[nH]1. The Bertz CT molecular complexity index is 1140. The molecule has 3 N–H and O–H groups in total. The summed E-state index contributed by atoms with van der Waals surface area (Å²) in [6.07, 6.45) is 6.28. The van der Waals surface area contributed by atoms with E-state index in [4.69, 9.17) is 0 Å². The molecule has 0 saturated heterocycles. The summed E-state index contributed by atoms with van der Waals surface area (Å²) in [5.41, 5.74) is 3.30. The average Bonchev–Trinajstić information content (AvgIpc) is 3.11. The number of carbonyl (C=O) groups excluding carboxylic acids is 1. The van der Waals surface area contributed by atoms with Crippen molar-refractivity contribution in [3.05, 3.63) is 55.0 Å². The number of nitrogens with zero attached hydrogens (tertiary/aromatic N) is 4. The molecular formula is C19H16FN7O. The summed E-state index contributed by atoms with van der Waals surface area (Å²) in [5, 5.41) is 5.26. The number of urea groups is 1. The zero-order chi connectivity index (χ0) is 19.5. The Morgan fingerprint density at radius 1 is 1.21 bits per heavy atom. The first-order chi connectivity index (χ1) is 13.7. The molecule has 1 aromatic carbocycles. The van der Waals surface area contributed by atoms with Crippen molar-refractivity contribution < 1.29 is 9.18 Å². The number of halogens is 1. The molecule has 3 aromatic heterocycles. The van der Waals surface area contributed by atoms with Crippen molar-refractivity contribution >= 4 is 23.0 Å². The minimum absolute atomic E-state index is 0.169. The van der Waals surface area contributed by atoms with Gasteiger partial charge in [0.15, 0.2) is 0 Å². The summed E-state index contributed by atoms with van der Waals surface area (Å²) in [5.74, 6) is -0.216. The predicted octanol–water partition coefficient (Wildman–Crippen LogP) is 3.36. The van der Waals surface area contributed by atoms with E-state index < -0.39 is 5.82 Å². The Kier molecular flexibility index (Phi) is 4.63. The largest absolute Gasteiger partial charge is 0.338 e. The van der Waals surface area contributed by atoms with Crippen LogP contribution >= 0.6 is 0 Å². The van der Waals surface area contributed by atoms with Gasteiger partial charge in [0.25, 0.3) is 0 Å². The third kappa shape index (κ3) is 3.37. The van der Waals surface area contributed by atoms with Crippen LogP contribution in [0.5, 0.6) is 0 Å². The summed E-state index contributed by atoms with van der Waals surface area (Å²) in [6.45, 7) is 2.29. The number of pyridine rings is 1. The van der Waals surface area contributed by atoms with E-state index in [1.807, 2.05) is 13.0 Å². The summed E-state index contributed by atoms with van der Waals surface area (Å²) >= 11 is 0. The lowest BCUT2D eigenvalue weighted by molar-refractivity contribution is 0.252. The molecule has 2 amide bonds. The molecule has 4 rings (SSSR count). The molecule has 0 radical (unpaired) electrons. The van der Waals surface area contributed by atoms with Crippen LogP contribution in [0.1, 0.15) is 6.92 Å². The van der Waals surface area contributed by atoms with Crippen LogP contribution in [0.2, 0.25) is 0 Å². The molecule has 0 spiro atoms. The molecule has 3 heterocycles. The van der Waals surface area contributed by atoms with E-state index in [9.17, 15) is 9.18 Å². The zero-order valence-corrected chi connectivity index (χ0v) is 14.9. The molecule has 28 heavy (non-hydrogen) atoms. The maximum Gasteiger partial charge on any atom is 0.321 e. The summed E-state index contributed by atoms with van der Waals surface area (Å²) in [4.78, 5) is 31.5. The third-order valence-electron chi connectivity index (χ3n) is 4.06. The Hall–Kier alpha value is -3.88. The number of aromatic amines is 1. The molecule has 0 saturated carbocycles. The number of imidazole rings is 1. The smallest absolute Gasteiger partial charge is 0.321 e. The first-order valence-electron chi connectivity index (χ1n) is 8.60. The number of anilines is 1. The van der Waals surface area contributed by atoms with Gasteiger partial charge >= 0.3 is 6.03 Å². The van der Waals surface area contributed by atoms with Crippen molar-refractivity contribution in [1.29, 1.82) is 0 Å². The first kappa shape index (κ1) is 17.5. The fourth-order valence-corrected chi connectivity index (χ4v) is 2.87. The lowest BCUT2D eigenvalue weighted by Crippen LogP contribution is -2.28. The Labute approximate surface area is 159 Å². The van der Waals surface area contributed by atoms with Crippen molar-refractivity contribution in [2.24, 2.45) is 0 Å². The summed E-state index contributed by atoms with van der Waals surface area (Å²) < 4.78 is 14.4. The lowest BCUT2D eigenvalue weighted by atomic mass is 10.0. The minimum atomic E-state index is -0.466. The van der Waals surface area contributed by atoms with Gasteiger partial charge in [-0.1, -0.05) is 0 Å². The molecule has 0 aliphatic carbocycles. The molecule has 140 valence electrons. The lowest BCUT2D eigenvalue weighted by Gasteiger charge is -2.07. The van der Waals surface area contributed by atoms with Crippen LogP contribution in [0.15, 0.2) is 49.2 Å². The van der Waals surface area contributed by atoms with E-state index in [-0.39, 0.29) is 17.7 Å². The van der Waals surface area contributed by atoms with Crippen molar-refractivity contribution in [1.82, 2.24) is 30.2 Å². The van der Waals surface area contributed by atoms with Crippen LogP contribution in [-0.4, -0.2) is 37.5 Å². The van der Waals surface area contributed by atoms with E-state index in [0.717, 1.165) is 11.1 Å². The monoisotopic (exact) mass is 377 g/mol. The number of nitrogens with one attached hydrogen (secondary N) is 3. The van der Waals surface area contributed by atoms with Gasteiger partial charge in [-0.3, -0.25) is 10.3 Å². The van der Waals surface area contributed by atoms with Crippen LogP contribution < -0.4 is 10.6 Å². The molecule has 8 nitrogen and oxygen atoms in total. The maximum atomic E-state index is 14.4. The van der Waals surface area contributed by atoms with Crippen molar-refractivity contribution in [3.8, 4) is 22.4 Å². The van der Waals surface area contributed by atoms with Gasteiger partial charge in [-0.05, 0) is 36.8 Å². The molecule has 4 aromatic rings. The molecule has 0 bridgehead atoms. The van der Waals surface area contributed by atoms with Crippen LogP contribution in [0.4, 0.5) is 15.1 Å². The number of hydrogen-bond acceptors (Lipinski definition) is 5. The number of aromatic nitrogens is 5. The van der Waals surface area contributed by atoms with E-state index in [1.54, 1.807) is 18.5 Å². The Balaban J connectivity index is 1.90. The highest BCUT2D eigenvalue weighted by Crippen LogP contribution is 2.33. The van der Waals surface area contributed by atoms with Gasteiger partial charge in [-0.15, -0.1) is 0 Å². The number of fused-ring (bicyclic) bond motifs is 1. The molecule has 0 atom stereocenters. The number of amides is 2. The van der Waals surface area contributed by atoms with Crippen LogP contribution in [0.25, 0.3) is 33.4 Å². The molecule has 0 aliphatic rings. The van der Waals surface area contributed by atoms with Crippen molar-refractivity contribution in [2.45, 2.75) is 6.92 Å². The molecule has 0 fully saturated rings. The number of carbonyl (C=O) groups is 1. The maximum absolute atomic E-state index is 14.4. The van der Waals surface area contributed by atoms with Gasteiger partial charge in [0.2, 0.25) is 5.95 Å². The van der Waals surface area contributed by atoms with Gasteiger partial charge in [0.1, 0.15) is 23.4 Å². The average molecular weight is 377 g/mol. The third-order valence-corrected chi connectivity index (χ3v) is 4.06. The van der Waals surface area contributed by atoms with Crippen molar-refractivity contribution in [3.63, 3.8) is 0 Å². The second-order valence-corrected chi connectivity index (χ2v) is 5.95. The number of hydrogen-bond donors (Lipinski definition) is 3. The molecule has 0 aliphatic heterocycles. The summed E-state index contributed by atoms with van der Waals surface area (Å²) in [6, 6.07) is 6.10. The molecule has 0 unspecified atom stereocenters. The van der Waals surface area contributed by atoms with Crippen LogP contribution in [-0.2, 0) is 0 Å². The van der Waals surface area contributed by atoms with E-state index >= 15 is 0 Å². The van der Waals surface area contributed by atoms with E-state index in [0.29, 0.717) is 23.1 Å². The van der Waals surface area contributed by atoms with Gasteiger partial charge in [0.05, 0.1) is 5.52 Å². The van der Waals surface area contributed by atoms with Gasteiger partial charge in [-0.25, -0.2) is 24.1 Å². The standard InChI is InChI=1S/C19H16FN7O/c1-2-23-19(28)27-18-25-15-7-11(12-8-21-10-22-9-12)6-13(17(15)26-18)16-14(20)4-3-5-24-16/h3-10H,2H2,1H3,(H3,23,25,26,27,28). The number of benzene rings is 1. The fraction of sp³-hybridized carbons (Fsp3) is 0.105. The van der Waals surface area contributed by atoms with Crippen LogP contribution in [0.3, 0.4) is 0 Å². The number of rotatable bonds is 4. The van der Waals surface area contributed by atoms with Gasteiger partial charge in [0, 0.05) is 36.3 Å². The highest BCUT2D eigenvalue weighted by Gasteiger charge is 2.17.